The van der Waals surface area contributed by atoms with Crippen molar-refractivity contribution in [1.29, 1.82) is 0 Å². The van der Waals surface area contributed by atoms with Crippen molar-refractivity contribution in [2.75, 3.05) is 62.7 Å². The van der Waals surface area contributed by atoms with Crippen LogP contribution in [0.3, 0.4) is 0 Å². The van der Waals surface area contributed by atoms with Crippen LogP contribution >= 0.6 is 0 Å². The largest absolute Gasteiger partial charge is 0.455 e. The molecule has 1 amide bonds. The van der Waals surface area contributed by atoms with Crippen LogP contribution in [0.1, 0.15) is 83.0 Å². The number of aromatic nitrogens is 2. The zero-order valence-electron chi connectivity index (χ0n) is 36.2. The summed E-state index contributed by atoms with van der Waals surface area (Å²) in [5.41, 5.74) is 5.62. The number of nitrogens with one attached hydrogen (secondary N) is 3. The molecule has 4 aromatic rings. The van der Waals surface area contributed by atoms with Gasteiger partial charge in [0, 0.05) is 81.9 Å². The van der Waals surface area contributed by atoms with Gasteiger partial charge in [-0.2, -0.15) is 0 Å². The summed E-state index contributed by atoms with van der Waals surface area (Å²) in [5, 5.41) is 16.0. The molecule has 62 heavy (non-hydrogen) atoms. The van der Waals surface area contributed by atoms with E-state index in [1.807, 2.05) is 12.1 Å². The molecule has 3 aliphatic carbocycles. The molecule has 15 heteroatoms. The normalized spacial score (nSPS) is 24.1. The van der Waals surface area contributed by atoms with Crippen LogP contribution in [-0.2, 0) is 14.8 Å². The van der Waals surface area contributed by atoms with Crippen LogP contribution in [0.5, 0.6) is 11.5 Å². The van der Waals surface area contributed by atoms with Gasteiger partial charge in [0.05, 0.1) is 21.6 Å². The fourth-order valence-electron chi connectivity index (χ4n) is 10.7. The van der Waals surface area contributed by atoms with E-state index in [4.69, 9.17) is 9.47 Å². The van der Waals surface area contributed by atoms with E-state index in [0.717, 1.165) is 80.5 Å². The number of allylic oxidation sites excluding steroid dienone is 1. The Morgan fingerprint density at radius 1 is 1.06 bits per heavy atom. The molecule has 4 fully saturated rings. The number of hydrogen-bond donors (Lipinski definition) is 3. The standard InChI is InChI=1S/C47H59N7O7S/c1-30(2)38-24-47(26-40(38)47)39-25-46(3,4)13-9-33(39)29-52-15-17-53(18-16-52)34-5-7-37(43(22-34)61-35-21-32-10-14-48-44(32)50-28-35)45(55)51-62(58,59)36-6-8-41(42(23-36)54(56)57)49-27-31-11-19-60-20-12-31/h5-8,10,14,21-23,28,30-31,38,40,49H,9,11-13,15-20,24-27,29H2,1-4H3,(H,48,50)(H,51,55). The highest BCUT2D eigenvalue weighted by atomic mass is 32.2. The lowest BCUT2D eigenvalue weighted by Crippen LogP contribution is -2.47. The molecule has 3 N–H and O–H groups in total. The minimum Gasteiger partial charge on any atom is -0.455 e. The average Bonchev–Trinajstić information content (AvgIpc) is 3.55. The Bertz CT molecular complexity index is 2500. The van der Waals surface area contributed by atoms with Crippen molar-refractivity contribution in [1.82, 2.24) is 19.6 Å². The maximum Gasteiger partial charge on any atom is 0.293 e. The lowest BCUT2D eigenvalue weighted by Gasteiger charge is -2.46. The highest BCUT2D eigenvalue weighted by molar-refractivity contribution is 7.90. The van der Waals surface area contributed by atoms with Crippen molar-refractivity contribution >= 4 is 44.0 Å². The number of anilines is 2. The van der Waals surface area contributed by atoms with Gasteiger partial charge < -0.3 is 24.7 Å². The predicted octanol–water partition coefficient (Wildman–Crippen LogP) is 8.53. The van der Waals surface area contributed by atoms with E-state index in [1.165, 1.54) is 44.2 Å². The number of aromatic amines is 1. The Balaban J connectivity index is 0.918. The molecule has 0 radical (unpaired) electrons. The van der Waals surface area contributed by atoms with Crippen LogP contribution in [0, 0.1) is 44.6 Å². The van der Waals surface area contributed by atoms with Crippen molar-refractivity contribution in [3.8, 4) is 11.5 Å². The number of benzene rings is 2. The molecule has 14 nitrogen and oxygen atoms in total. The number of hydrogen-bond acceptors (Lipinski definition) is 11. The van der Waals surface area contributed by atoms with Crippen LogP contribution < -0.4 is 19.7 Å². The second kappa shape index (κ2) is 16.6. The summed E-state index contributed by atoms with van der Waals surface area (Å²) in [7, 11) is -4.54. The summed E-state index contributed by atoms with van der Waals surface area (Å²) in [4.78, 5) is 37.4. The molecular formula is C47H59N7O7S. The third-order valence-electron chi connectivity index (χ3n) is 14.5. The van der Waals surface area contributed by atoms with Gasteiger partial charge in [-0.15, -0.1) is 0 Å². The molecule has 0 spiro atoms. The molecule has 3 atom stereocenters. The molecule has 5 aliphatic rings. The van der Waals surface area contributed by atoms with E-state index >= 15 is 0 Å². The SMILES string of the molecule is CC(C)C1CC2(C3=C(CN4CCN(c5ccc(C(=O)NS(=O)(=O)c6ccc(NCC7CCOCC7)c([N+](=O)[O-])c6)c(Oc6cnc7[nH]ccc7c6)c5)CC4)CCC(C)(C)C3)CC12. The first-order valence-electron chi connectivity index (χ1n) is 22.3. The van der Waals surface area contributed by atoms with Gasteiger partial charge in [-0.25, -0.2) is 18.1 Å². The van der Waals surface area contributed by atoms with Crippen molar-refractivity contribution in [3.05, 3.63) is 87.7 Å². The van der Waals surface area contributed by atoms with Crippen molar-refractivity contribution in [2.45, 2.75) is 77.5 Å². The third kappa shape index (κ3) is 8.55. The predicted molar refractivity (Wildman–Crippen MR) is 239 cm³/mol. The maximum absolute atomic E-state index is 13.9. The van der Waals surface area contributed by atoms with Gasteiger partial charge in [0.1, 0.15) is 22.8 Å². The minimum atomic E-state index is -4.54. The number of carbonyl (C=O) groups is 1. The quantitative estimate of drug-likeness (QED) is 0.0630. The van der Waals surface area contributed by atoms with E-state index in [9.17, 15) is 23.3 Å². The molecular weight excluding hydrogens is 807 g/mol. The van der Waals surface area contributed by atoms with E-state index in [0.29, 0.717) is 42.0 Å². The number of carbonyl (C=O) groups excluding carboxylic acids is 1. The molecule has 2 aliphatic heterocycles. The Labute approximate surface area is 364 Å². The maximum atomic E-state index is 13.9. The Hall–Kier alpha value is -4.99. The first-order valence-corrected chi connectivity index (χ1v) is 23.8. The summed E-state index contributed by atoms with van der Waals surface area (Å²) in [6, 6.07) is 12.4. The average molecular weight is 866 g/mol. The van der Waals surface area contributed by atoms with Gasteiger partial charge in [-0.1, -0.05) is 38.8 Å². The zero-order valence-corrected chi connectivity index (χ0v) is 37.1. The highest BCUT2D eigenvalue weighted by Gasteiger charge is 2.69. The zero-order chi connectivity index (χ0) is 43.4. The number of piperazine rings is 1. The minimum absolute atomic E-state index is 0.0116. The summed E-state index contributed by atoms with van der Waals surface area (Å²) in [6.07, 6.45) is 11.4. The van der Waals surface area contributed by atoms with Crippen LogP contribution in [0.4, 0.5) is 17.1 Å². The first kappa shape index (κ1) is 42.3. The Morgan fingerprint density at radius 3 is 2.60 bits per heavy atom. The molecule has 3 unspecified atom stereocenters. The third-order valence-corrected chi connectivity index (χ3v) is 15.8. The molecule has 0 bridgehead atoms. The molecule has 2 aromatic carbocycles. The molecule has 330 valence electrons. The number of nitro groups is 1. The summed E-state index contributed by atoms with van der Waals surface area (Å²) >= 11 is 0. The number of pyridine rings is 1. The topological polar surface area (TPSA) is 172 Å². The van der Waals surface area contributed by atoms with Crippen LogP contribution in [-0.4, -0.2) is 86.6 Å². The number of amides is 1. The van der Waals surface area contributed by atoms with E-state index in [-0.39, 0.29) is 22.9 Å². The number of nitrogens with zero attached hydrogens (tertiary/aromatic N) is 4. The monoisotopic (exact) mass is 865 g/mol. The fourth-order valence-corrected chi connectivity index (χ4v) is 11.7. The van der Waals surface area contributed by atoms with Crippen LogP contribution in [0.25, 0.3) is 11.0 Å². The lowest BCUT2D eigenvalue weighted by atomic mass is 9.60. The Morgan fingerprint density at radius 2 is 1.85 bits per heavy atom. The molecule has 2 saturated carbocycles. The van der Waals surface area contributed by atoms with Crippen molar-refractivity contribution in [3.63, 3.8) is 0 Å². The van der Waals surface area contributed by atoms with Crippen LogP contribution in [0.15, 0.2) is 77.0 Å². The van der Waals surface area contributed by atoms with Gasteiger partial charge in [0.25, 0.3) is 21.6 Å². The van der Waals surface area contributed by atoms with E-state index in [2.05, 4.69) is 57.5 Å². The van der Waals surface area contributed by atoms with Gasteiger partial charge in [-0.05, 0) is 116 Å². The first-order chi connectivity index (χ1) is 29.7. The fraction of sp³-hybridized carbons (Fsp3) is 0.532. The molecule has 9 rings (SSSR count). The molecule has 4 heterocycles. The molecule has 2 aromatic heterocycles. The van der Waals surface area contributed by atoms with Gasteiger partial charge in [0.2, 0.25) is 0 Å². The van der Waals surface area contributed by atoms with Gasteiger partial charge in [0.15, 0.2) is 0 Å². The lowest BCUT2D eigenvalue weighted by molar-refractivity contribution is -0.384. The van der Waals surface area contributed by atoms with Crippen molar-refractivity contribution in [2.24, 2.45) is 34.5 Å². The van der Waals surface area contributed by atoms with Crippen LogP contribution in [0.2, 0.25) is 0 Å². The summed E-state index contributed by atoms with van der Waals surface area (Å²) in [5.74, 6) is 2.39. The van der Waals surface area contributed by atoms with Crippen molar-refractivity contribution < 1.29 is 27.6 Å². The number of rotatable bonds is 14. The summed E-state index contributed by atoms with van der Waals surface area (Å²) in [6.45, 7) is 15.8. The smallest absolute Gasteiger partial charge is 0.293 e. The number of ether oxygens (including phenoxy) is 2. The number of fused-ring (bicyclic) bond motifs is 2. The second-order valence-corrected chi connectivity index (χ2v) is 21.1. The van der Waals surface area contributed by atoms with E-state index < -0.39 is 31.4 Å². The highest BCUT2D eigenvalue weighted by Crippen LogP contribution is 2.77. The number of sulfonamides is 1. The number of nitro benzene ring substituents is 1. The van der Waals surface area contributed by atoms with E-state index in [1.54, 1.807) is 41.7 Å². The summed E-state index contributed by atoms with van der Waals surface area (Å²) < 4.78 is 41.3. The van der Waals surface area contributed by atoms with Gasteiger partial charge >= 0.3 is 0 Å². The molecule has 2 saturated heterocycles. The second-order valence-electron chi connectivity index (χ2n) is 19.4. The number of H-pyrrole nitrogens is 1. The Kier molecular flexibility index (Phi) is 11.3. The van der Waals surface area contributed by atoms with Gasteiger partial charge in [-0.3, -0.25) is 19.8 Å².